The first-order valence-corrected chi connectivity index (χ1v) is 6.33. The summed E-state index contributed by atoms with van der Waals surface area (Å²) in [5, 5.41) is 0. The van der Waals surface area contributed by atoms with E-state index in [1.165, 1.54) is 18.1 Å². The smallest absolute Gasteiger partial charge is 0.0414 e. The first-order valence-electron chi connectivity index (χ1n) is 3.67. The molecule has 0 bridgehead atoms. The minimum atomic E-state index is 0.578. The second-order valence-electron chi connectivity index (χ2n) is 2.95. The van der Waals surface area contributed by atoms with E-state index in [1.807, 2.05) is 0 Å². The lowest BCUT2D eigenvalue weighted by Gasteiger charge is -2.08. The molecule has 0 aliphatic carbocycles. The molecule has 0 spiro atoms. The van der Waals surface area contributed by atoms with Gasteiger partial charge in [-0.3, -0.25) is 0 Å². The molecule has 66 valence electrons. The molecule has 0 radical (unpaired) electrons. The van der Waals surface area contributed by atoms with Gasteiger partial charge in [-0.15, -0.1) is 0 Å². The Bertz CT molecular complexity index is 272. The Morgan fingerprint density at radius 1 is 1.17 bits per heavy atom. The molecule has 0 amide bonds. The predicted molar refractivity (Wildman–Crippen MR) is 68.6 cm³/mol. The molecule has 12 heavy (non-hydrogen) atoms. The molecule has 0 aromatic heterocycles. The van der Waals surface area contributed by atoms with Crippen LogP contribution in [0.2, 0.25) is 0 Å². The molecule has 0 nitrogen and oxygen atoms in total. The minimum absolute atomic E-state index is 0.578. The highest BCUT2D eigenvalue weighted by Crippen LogP contribution is 2.31. The summed E-state index contributed by atoms with van der Waals surface area (Å²) in [6, 6.07) is 4.36. The lowest BCUT2D eigenvalue weighted by molar-refractivity contribution is 0.864. The van der Waals surface area contributed by atoms with Crippen LogP contribution in [0.25, 0.3) is 0 Å². The summed E-state index contributed by atoms with van der Waals surface area (Å²) < 4.78 is 3.57. The van der Waals surface area contributed by atoms with Crippen LogP contribution < -0.4 is 0 Å². The Morgan fingerprint density at radius 3 is 1.92 bits per heavy atom. The highest BCUT2D eigenvalue weighted by atomic mass is 127. The van der Waals surface area contributed by atoms with Crippen LogP contribution in [-0.2, 0) is 0 Å². The van der Waals surface area contributed by atoms with Crippen molar-refractivity contribution in [2.24, 2.45) is 0 Å². The van der Waals surface area contributed by atoms with E-state index in [0.29, 0.717) is 5.92 Å². The van der Waals surface area contributed by atoms with Crippen LogP contribution in [-0.4, -0.2) is 0 Å². The van der Waals surface area contributed by atoms with Gasteiger partial charge in [0.25, 0.3) is 0 Å². The molecule has 3 heteroatoms. The standard InChI is InChI=1S/C9H9Br2I/c1-5(2)6-3-7(10)9(12)8(11)4-6/h3-5H,1-2H3. The monoisotopic (exact) mass is 402 g/mol. The van der Waals surface area contributed by atoms with Crippen LogP contribution in [0, 0.1) is 3.57 Å². The molecule has 0 unspecified atom stereocenters. The second kappa shape index (κ2) is 4.42. The third-order valence-electron chi connectivity index (χ3n) is 1.67. The van der Waals surface area contributed by atoms with E-state index in [9.17, 15) is 0 Å². The molecule has 1 aromatic rings. The Balaban J connectivity index is 3.21. The number of halogens is 3. The molecule has 1 rings (SSSR count). The van der Waals surface area contributed by atoms with Crippen molar-refractivity contribution in [2.75, 3.05) is 0 Å². The fourth-order valence-corrected chi connectivity index (χ4v) is 2.44. The average Bonchev–Trinajstić information content (AvgIpc) is 1.99. The molecule has 0 fully saturated rings. The number of rotatable bonds is 1. The summed E-state index contributed by atoms with van der Waals surface area (Å²) in [5.74, 6) is 0.578. The average molecular weight is 404 g/mol. The number of hydrogen-bond donors (Lipinski definition) is 0. The number of hydrogen-bond acceptors (Lipinski definition) is 0. The van der Waals surface area contributed by atoms with Crippen molar-refractivity contribution < 1.29 is 0 Å². The van der Waals surface area contributed by atoms with Crippen LogP contribution in [0.15, 0.2) is 21.1 Å². The van der Waals surface area contributed by atoms with Crippen molar-refractivity contribution in [2.45, 2.75) is 19.8 Å². The van der Waals surface area contributed by atoms with Crippen LogP contribution >= 0.6 is 54.5 Å². The van der Waals surface area contributed by atoms with Gasteiger partial charge in [-0.1, -0.05) is 13.8 Å². The Hall–Kier alpha value is 0.910. The lowest BCUT2D eigenvalue weighted by Crippen LogP contribution is -1.89. The van der Waals surface area contributed by atoms with Crippen molar-refractivity contribution in [3.8, 4) is 0 Å². The van der Waals surface area contributed by atoms with E-state index >= 15 is 0 Å². The van der Waals surface area contributed by atoms with Crippen molar-refractivity contribution >= 4 is 54.5 Å². The molecule has 0 N–H and O–H groups in total. The summed E-state index contributed by atoms with van der Waals surface area (Å²) in [6.45, 7) is 4.39. The largest absolute Gasteiger partial charge is 0.0587 e. The maximum Gasteiger partial charge on any atom is 0.0414 e. The topological polar surface area (TPSA) is 0 Å². The second-order valence-corrected chi connectivity index (χ2v) is 5.74. The molecule has 0 saturated carbocycles. The van der Waals surface area contributed by atoms with Gasteiger partial charge in [0.1, 0.15) is 0 Å². The van der Waals surface area contributed by atoms with Gasteiger partial charge in [0.15, 0.2) is 0 Å². The van der Waals surface area contributed by atoms with Crippen molar-refractivity contribution in [3.63, 3.8) is 0 Å². The van der Waals surface area contributed by atoms with Gasteiger partial charge >= 0.3 is 0 Å². The van der Waals surface area contributed by atoms with Gasteiger partial charge in [0, 0.05) is 12.5 Å². The zero-order valence-corrected chi connectivity index (χ0v) is 12.2. The van der Waals surface area contributed by atoms with Gasteiger partial charge in [-0.05, 0) is 78.1 Å². The van der Waals surface area contributed by atoms with Crippen molar-refractivity contribution in [1.29, 1.82) is 0 Å². The van der Waals surface area contributed by atoms with E-state index in [2.05, 4.69) is 80.4 Å². The van der Waals surface area contributed by atoms with Gasteiger partial charge in [-0.2, -0.15) is 0 Å². The van der Waals surface area contributed by atoms with Gasteiger partial charge < -0.3 is 0 Å². The summed E-state index contributed by atoms with van der Waals surface area (Å²) in [5.41, 5.74) is 1.36. The first-order chi connectivity index (χ1) is 5.52. The van der Waals surface area contributed by atoms with Crippen LogP contribution in [0.3, 0.4) is 0 Å². The molecule has 0 aliphatic rings. The molecule has 0 saturated heterocycles. The third kappa shape index (κ3) is 2.45. The maximum absolute atomic E-state index is 3.53. The van der Waals surface area contributed by atoms with Gasteiger partial charge in [-0.25, -0.2) is 0 Å². The quantitative estimate of drug-likeness (QED) is 0.460. The van der Waals surface area contributed by atoms with E-state index in [0.717, 1.165) is 0 Å². The number of benzene rings is 1. The highest BCUT2D eigenvalue weighted by molar-refractivity contribution is 14.1. The van der Waals surface area contributed by atoms with Crippen LogP contribution in [0.1, 0.15) is 25.3 Å². The Morgan fingerprint density at radius 2 is 1.58 bits per heavy atom. The fraction of sp³-hybridized carbons (Fsp3) is 0.333. The normalized spacial score (nSPS) is 10.8. The third-order valence-corrected chi connectivity index (χ3v) is 5.57. The summed E-state index contributed by atoms with van der Waals surface area (Å²) >= 11 is 9.37. The maximum atomic E-state index is 3.53. The molecular formula is C9H9Br2I. The highest BCUT2D eigenvalue weighted by Gasteiger charge is 2.06. The summed E-state index contributed by atoms with van der Waals surface area (Å²) in [6.07, 6.45) is 0. The molecule has 0 aliphatic heterocycles. The van der Waals surface area contributed by atoms with E-state index in [4.69, 9.17) is 0 Å². The molecule has 0 heterocycles. The molecular weight excluding hydrogens is 395 g/mol. The zero-order valence-electron chi connectivity index (χ0n) is 6.87. The van der Waals surface area contributed by atoms with Gasteiger partial charge in [0.2, 0.25) is 0 Å². The van der Waals surface area contributed by atoms with E-state index < -0.39 is 0 Å². The Kier molecular flexibility index (Phi) is 4.05. The van der Waals surface area contributed by atoms with Crippen molar-refractivity contribution in [3.05, 3.63) is 30.2 Å². The van der Waals surface area contributed by atoms with E-state index in [-0.39, 0.29) is 0 Å². The Labute approximate surface area is 104 Å². The van der Waals surface area contributed by atoms with Crippen LogP contribution in [0.4, 0.5) is 0 Å². The van der Waals surface area contributed by atoms with Gasteiger partial charge in [0.05, 0.1) is 0 Å². The zero-order chi connectivity index (χ0) is 9.30. The van der Waals surface area contributed by atoms with Crippen molar-refractivity contribution in [1.82, 2.24) is 0 Å². The van der Waals surface area contributed by atoms with Crippen LogP contribution in [0.5, 0.6) is 0 Å². The lowest BCUT2D eigenvalue weighted by atomic mass is 10.0. The molecule has 1 aromatic carbocycles. The minimum Gasteiger partial charge on any atom is -0.0587 e. The SMILES string of the molecule is CC(C)c1cc(Br)c(I)c(Br)c1. The predicted octanol–water partition coefficient (Wildman–Crippen LogP) is 4.94. The summed E-state index contributed by atoms with van der Waals surface area (Å²) in [7, 11) is 0. The summed E-state index contributed by atoms with van der Waals surface area (Å²) in [4.78, 5) is 0. The first kappa shape index (κ1) is 11.0. The fourth-order valence-electron chi connectivity index (χ4n) is 0.908. The molecule has 0 atom stereocenters. The van der Waals surface area contributed by atoms with E-state index in [1.54, 1.807) is 0 Å².